The SMILES string of the molecule is COc1ccc(NC(=O)c2ccc(CN3CCN(C(=O)[C@@H]4CCS(=O)(=O)C4)CC3)cc2)cc1. The van der Waals surface area contributed by atoms with Gasteiger partial charge in [0, 0.05) is 44.0 Å². The van der Waals surface area contributed by atoms with Crippen molar-refractivity contribution in [1.29, 1.82) is 0 Å². The number of methoxy groups -OCH3 is 1. The van der Waals surface area contributed by atoms with Crippen LogP contribution in [-0.2, 0) is 21.2 Å². The second-order valence-corrected chi connectivity index (χ2v) is 10.8. The van der Waals surface area contributed by atoms with Crippen LogP contribution in [0.5, 0.6) is 5.75 Å². The van der Waals surface area contributed by atoms with Gasteiger partial charge >= 0.3 is 0 Å². The molecule has 2 aromatic rings. The number of piperazine rings is 1. The van der Waals surface area contributed by atoms with E-state index in [1.165, 1.54) is 0 Å². The van der Waals surface area contributed by atoms with E-state index >= 15 is 0 Å². The lowest BCUT2D eigenvalue weighted by Crippen LogP contribution is -2.50. The lowest BCUT2D eigenvalue weighted by molar-refractivity contribution is -0.136. The summed E-state index contributed by atoms with van der Waals surface area (Å²) in [5.74, 6) is 0.268. The van der Waals surface area contributed by atoms with Crippen LogP contribution in [0.1, 0.15) is 22.3 Å². The van der Waals surface area contributed by atoms with Gasteiger partial charge in [0.05, 0.1) is 24.5 Å². The summed E-state index contributed by atoms with van der Waals surface area (Å²) in [6.07, 6.45) is 0.444. The van der Waals surface area contributed by atoms with Crippen molar-refractivity contribution in [2.24, 2.45) is 5.92 Å². The van der Waals surface area contributed by atoms with Crippen molar-refractivity contribution in [3.63, 3.8) is 0 Å². The van der Waals surface area contributed by atoms with Gasteiger partial charge in [-0.25, -0.2) is 8.42 Å². The van der Waals surface area contributed by atoms with Crippen molar-refractivity contribution in [1.82, 2.24) is 9.80 Å². The zero-order valence-electron chi connectivity index (χ0n) is 18.7. The average Bonchev–Trinajstić information content (AvgIpc) is 3.19. The number of anilines is 1. The number of nitrogens with zero attached hydrogens (tertiary/aromatic N) is 2. The smallest absolute Gasteiger partial charge is 0.255 e. The summed E-state index contributed by atoms with van der Waals surface area (Å²) in [7, 11) is -1.46. The topological polar surface area (TPSA) is 96.0 Å². The first-order valence-corrected chi connectivity index (χ1v) is 12.9. The monoisotopic (exact) mass is 471 g/mol. The van der Waals surface area contributed by atoms with Crippen LogP contribution < -0.4 is 10.1 Å². The van der Waals surface area contributed by atoms with E-state index in [-0.39, 0.29) is 29.2 Å². The maximum absolute atomic E-state index is 12.6. The van der Waals surface area contributed by atoms with Crippen LogP contribution in [0, 0.1) is 5.92 Å². The third-order valence-electron chi connectivity index (χ3n) is 6.24. The molecule has 2 amide bonds. The standard InChI is InChI=1S/C24H29N3O5S/c1-32-22-8-6-21(7-9-22)25-23(28)19-4-2-18(3-5-19)16-26-11-13-27(14-12-26)24(29)20-10-15-33(30,31)17-20/h2-9,20H,10-17H2,1H3,(H,25,28)/t20-/m1/s1. The molecule has 2 aliphatic heterocycles. The molecule has 0 bridgehead atoms. The zero-order valence-corrected chi connectivity index (χ0v) is 19.5. The Morgan fingerprint density at radius 1 is 1.00 bits per heavy atom. The Bertz CT molecular complexity index is 1090. The van der Waals surface area contributed by atoms with Gasteiger partial charge in [-0.3, -0.25) is 14.5 Å². The quantitative estimate of drug-likeness (QED) is 0.693. The molecule has 0 aliphatic carbocycles. The minimum atomic E-state index is -3.05. The maximum atomic E-state index is 12.6. The number of benzene rings is 2. The summed E-state index contributed by atoms with van der Waals surface area (Å²) in [5, 5.41) is 2.87. The van der Waals surface area contributed by atoms with Crippen molar-refractivity contribution in [3.8, 4) is 5.75 Å². The van der Waals surface area contributed by atoms with E-state index in [0.29, 0.717) is 30.8 Å². The third kappa shape index (κ3) is 5.91. The fourth-order valence-corrected chi connectivity index (χ4v) is 6.00. The van der Waals surface area contributed by atoms with Gasteiger partial charge in [-0.1, -0.05) is 12.1 Å². The van der Waals surface area contributed by atoms with Crippen LogP contribution in [0.2, 0.25) is 0 Å². The number of nitrogens with one attached hydrogen (secondary N) is 1. The van der Waals surface area contributed by atoms with Crippen LogP contribution in [0.3, 0.4) is 0 Å². The van der Waals surface area contributed by atoms with Crippen molar-refractivity contribution in [2.75, 3.05) is 50.1 Å². The molecule has 0 radical (unpaired) electrons. The molecule has 176 valence electrons. The second kappa shape index (κ2) is 9.93. The molecule has 2 saturated heterocycles. The van der Waals surface area contributed by atoms with E-state index in [4.69, 9.17) is 4.74 Å². The highest BCUT2D eigenvalue weighted by molar-refractivity contribution is 7.91. The van der Waals surface area contributed by atoms with Gasteiger partial charge in [-0.2, -0.15) is 0 Å². The average molecular weight is 472 g/mol. The van der Waals surface area contributed by atoms with Crippen LogP contribution in [-0.4, -0.2) is 74.8 Å². The molecule has 1 N–H and O–H groups in total. The molecule has 0 aromatic heterocycles. The number of amides is 2. The Morgan fingerprint density at radius 2 is 1.67 bits per heavy atom. The predicted molar refractivity (Wildman–Crippen MR) is 126 cm³/mol. The van der Waals surface area contributed by atoms with Crippen molar-refractivity contribution in [3.05, 3.63) is 59.7 Å². The third-order valence-corrected chi connectivity index (χ3v) is 8.00. The minimum Gasteiger partial charge on any atom is -0.497 e. The molecule has 2 aliphatic rings. The fraction of sp³-hybridized carbons (Fsp3) is 0.417. The molecule has 2 aromatic carbocycles. The van der Waals surface area contributed by atoms with Gasteiger partial charge in [0.25, 0.3) is 5.91 Å². The Labute approximate surface area is 194 Å². The van der Waals surface area contributed by atoms with Gasteiger partial charge in [0.15, 0.2) is 9.84 Å². The highest BCUT2D eigenvalue weighted by Crippen LogP contribution is 2.22. The largest absolute Gasteiger partial charge is 0.497 e. The van der Waals surface area contributed by atoms with E-state index in [0.717, 1.165) is 30.9 Å². The Hall–Kier alpha value is -2.91. The second-order valence-electron chi connectivity index (χ2n) is 8.58. The van der Waals surface area contributed by atoms with Crippen LogP contribution in [0.25, 0.3) is 0 Å². The number of hydrogen-bond acceptors (Lipinski definition) is 6. The van der Waals surface area contributed by atoms with E-state index in [1.54, 1.807) is 36.3 Å². The first kappa shape index (κ1) is 23.3. The highest BCUT2D eigenvalue weighted by Gasteiger charge is 2.36. The summed E-state index contributed by atoms with van der Waals surface area (Å²) >= 11 is 0. The van der Waals surface area contributed by atoms with Crippen molar-refractivity contribution in [2.45, 2.75) is 13.0 Å². The molecular formula is C24H29N3O5S. The molecule has 33 heavy (non-hydrogen) atoms. The van der Waals surface area contributed by atoms with Gasteiger partial charge in [0.1, 0.15) is 5.75 Å². The normalized spacial score (nSPS) is 20.4. The predicted octanol–water partition coefficient (Wildman–Crippen LogP) is 2.03. The first-order valence-electron chi connectivity index (χ1n) is 11.1. The van der Waals surface area contributed by atoms with Crippen molar-refractivity contribution >= 4 is 27.3 Å². The number of carbonyl (C=O) groups excluding carboxylic acids is 2. The van der Waals surface area contributed by atoms with Crippen LogP contribution in [0.15, 0.2) is 48.5 Å². The first-order chi connectivity index (χ1) is 15.8. The van der Waals surface area contributed by atoms with Gasteiger partial charge < -0.3 is 15.0 Å². The van der Waals surface area contributed by atoms with E-state index < -0.39 is 9.84 Å². The summed E-state index contributed by atoms with van der Waals surface area (Å²) in [6.45, 7) is 3.44. The Balaban J connectivity index is 1.25. The number of rotatable bonds is 6. The molecule has 1 atom stereocenters. The zero-order chi connectivity index (χ0) is 23.4. The summed E-state index contributed by atoms with van der Waals surface area (Å²) < 4.78 is 28.4. The number of hydrogen-bond donors (Lipinski definition) is 1. The van der Waals surface area contributed by atoms with Crippen LogP contribution >= 0.6 is 0 Å². The van der Waals surface area contributed by atoms with E-state index in [9.17, 15) is 18.0 Å². The molecule has 9 heteroatoms. The number of carbonyl (C=O) groups is 2. The molecule has 0 unspecified atom stereocenters. The summed E-state index contributed by atoms with van der Waals surface area (Å²) in [5.41, 5.74) is 2.38. The molecule has 8 nitrogen and oxygen atoms in total. The Morgan fingerprint density at radius 3 is 2.24 bits per heavy atom. The van der Waals surface area contributed by atoms with E-state index in [1.807, 2.05) is 24.3 Å². The molecular weight excluding hydrogens is 442 g/mol. The summed E-state index contributed by atoms with van der Waals surface area (Å²) in [6, 6.07) is 14.7. The number of sulfone groups is 1. The highest BCUT2D eigenvalue weighted by atomic mass is 32.2. The molecule has 2 fully saturated rings. The Kier molecular flexibility index (Phi) is 6.99. The van der Waals surface area contributed by atoms with Crippen LogP contribution in [0.4, 0.5) is 5.69 Å². The fourth-order valence-electron chi connectivity index (χ4n) is 4.27. The van der Waals surface area contributed by atoms with E-state index in [2.05, 4.69) is 10.2 Å². The summed E-state index contributed by atoms with van der Waals surface area (Å²) in [4.78, 5) is 29.2. The molecule has 2 heterocycles. The van der Waals surface area contributed by atoms with Gasteiger partial charge in [0.2, 0.25) is 5.91 Å². The number of ether oxygens (including phenoxy) is 1. The lowest BCUT2D eigenvalue weighted by Gasteiger charge is -2.35. The minimum absolute atomic E-state index is 0.00949. The van der Waals surface area contributed by atoms with Crippen molar-refractivity contribution < 1.29 is 22.7 Å². The molecule has 4 rings (SSSR count). The van der Waals surface area contributed by atoms with Gasteiger partial charge in [-0.15, -0.1) is 0 Å². The lowest BCUT2D eigenvalue weighted by atomic mass is 10.1. The maximum Gasteiger partial charge on any atom is 0.255 e. The molecule has 0 saturated carbocycles. The molecule has 0 spiro atoms. The van der Waals surface area contributed by atoms with Gasteiger partial charge in [-0.05, 0) is 48.4 Å².